The molecule has 0 spiro atoms. The van der Waals surface area contributed by atoms with Crippen LogP contribution in [0.3, 0.4) is 0 Å². The summed E-state index contributed by atoms with van der Waals surface area (Å²) < 4.78 is 1.82. The molecule has 2 aliphatic heterocycles. The number of piperazine rings is 1. The quantitative estimate of drug-likeness (QED) is 0.421. The number of hydrogen-bond donors (Lipinski definition) is 0. The van der Waals surface area contributed by atoms with Gasteiger partial charge < -0.3 is 19.3 Å². The van der Waals surface area contributed by atoms with Gasteiger partial charge in [0.1, 0.15) is 12.1 Å². The molecule has 2 aromatic heterocycles. The zero-order chi connectivity index (χ0) is 26.2. The maximum atomic E-state index is 13.3. The summed E-state index contributed by atoms with van der Waals surface area (Å²) in [6, 6.07) is 18.1. The first kappa shape index (κ1) is 24.2. The van der Waals surface area contributed by atoms with Gasteiger partial charge in [0.15, 0.2) is 5.65 Å². The number of carbonyl (C=O) groups is 2. The van der Waals surface area contributed by atoms with E-state index in [1.54, 1.807) is 12.5 Å². The van der Waals surface area contributed by atoms with E-state index in [9.17, 15) is 9.59 Å². The third kappa shape index (κ3) is 4.51. The van der Waals surface area contributed by atoms with Crippen LogP contribution in [0.4, 0.5) is 5.69 Å². The van der Waals surface area contributed by atoms with E-state index in [0.29, 0.717) is 13.1 Å². The van der Waals surface area contributed by atoms with E-state index in [-0.39, 0.29) is 24.4 Å². The molecule has 8 nitrogen and oxygen atoms in total. The molecule has 0 radical (unpaired) electrons. The number of rotatable bonds is 4. The number of carbonyl (C=O) groups excluding carboxylic acids is 2. The zero-order valence-corrected chi connectivity index (χ0v) is 21.9. The van der Waals surface area contributed by atoms with Crippen LogP contribution in [0.2, 0.25) is 0 Å². The smallest absolute Gasteiger partial charge is 0.254 e. The Morgan fingerprint density at radius 2 is 1.82 bits per heavy atom. The molecule has 1 atom stereocenters. The number of fused-ring (bicyclic) bond motifs is 2. The average Bonchev–Trinajstić information content (AvgIpc) is 3.35. The lowest BCUT2D eigenvalue weighted by molar-refractivity contribution is -0.134. The predicted octanol–water partition coefficient (Wildman–Crippen LogP) is 3.68. The second-order valence-electron chi connectivity index (χ2n) is 10.4. The Morgan fingerprint density at radius 3 is 2.63 bits per heavy atom. The largest absolute Gasteiger partial charge is 0.367 e. The Kier molecular flexibility index (Phi) is 6.31. The van der Waals surface area contributed by atoms with Gasteiger partial charge in [-0.25, -0.2) is 9.97 Å². The van der Waals surface area contributed by atoms with Gasteiger partial charge >= 0.3 is 0 Å². The van der Waals surface area contributed by atoms with Crippen LogP contribution in [0, 0.1) is 6.92 Å². The van der Waals surface area contributed by atoms with Crippen molar-refractivity contribution in [2.24, 2.45) is 0 Å². The van der Waals surface area contributed by atoms with Gasteiger partial charge in [-0.1, -0.05) is 29.8 Å². The Balaban J connectivity index is 1.16. The highest BCUT2D eigenvalue weighted by atomic mass is 16.2. The summed E-state index contributed by atoms with van der Waals surface area (Å²) >= 11 is 0. The molecule has 38 heavy (non-hydrogen) atoms. The molecule has 0 saturated carbocycles. The van der Waals surface area contributed by atoms with Crippen molar-refractivity contribution >= 4 is 28.7 Å². The molecule has 4 aromatic rings. The Labute approximate surface area is 222 Å². The highest BCUT2D eigenvalue weighted by Gasteiger charge is 2.31. The standard InChI is InChI=1S/C30H32N6O2/c1-21-8-10-24(11-9-21)30(38)34-14-12-23-5-3-7-27(25(23)18-34)33-15-16-36(22(2)17-33)28(37)19-35-20-32-26-6-4-13-31-29(26)35/h3-11,13,20,22H,12,14-19H2,1-2H3/t22-/m1/s1. The molecular formula is C30H32N6O2. The molecule has 0 N–H and O–H groups in total. The lowest BCUT2D eigenvalue weighted by atomic mass is 9.96. The topological polar surface area (TPSA) is 74.6 Å². The van der Waals surface area contributed by atoms with Gasteiger partial charge in [0, 0.05) is 56.2 Å². The molecular weight excluding hydrogens is 476 g/mol. The highest BCUT2D eigenvalue weighted by Crippen LogP contribution is 2.31. The fourth-order valence-corrected chi connectivity index (χ4v) is 5.71. The van der Waals surface area contributed by atoms with Crippen molar-refractivity contribution in [3.05, 3.63) is 89.4 Å². The van der Waals surface area contributed by atoms with Gasteiger partial charge in [0.05, 0.1) is 6.33 Å². The molecule has 2 aliphatic rings. The fraction of sp³-hybridized carbons (Fsp3) is 0.333. The van der Waals surface area contributed by atoms with E-state index in [1.807, 2.05) is 57.7 Å². The second-order valence-corrected chi connectivity index (χ2v) is 10.4. The molecule has 1 fully saturated rings. The minimum atomic E-state index is 0.0590. The van der Waals surface area contributed by atoms with Crippen molar-refractivity contribution in [1.82, 2.24) is 24.3 Å². The molecule has 1 saturated heterocycles. The van der Waals surface area contributed by atoms with Crippen molar-refractivity contribution in [1.29, 1.82) is 0 Å². The van der Waals surface area contributed by atoms with E-state index < -0.39 is 0 Å². The van der Waals surface area contributed by atoms with Crippen LogP contribution in [-0.4, -0.2) is 68.4 Å². The number of hydrogen-bond acceptors (Lipinski definition) is 5. The zero-order valence-electron chi connectivity index (χ0n) is 21.9. The normalized spacial score (nSPS) is 17.5. The number of pyridine rings is 1. The van der Waals surface area contributed by atoms with Crippen molar-refractivity contribution in [3.8, 4) is 0 Å². The average molecular weight is 509 g/mol. The van der Waals surface area contributed by atoms with Gasteiger partial charge in [-0.05, 0) is 61.7 Å². The van der Waals surface area contributed by atoms with Crippen molar-refractivity contribution in [2.75, 3.05) is 31.1 Å². The number of benzene rings is 2. The van der Waals surface area contributed by atoms with E-state index in [2.05, 4.69) is 40.0 Å². The minimum absolute atomic E-state index is 0.0590. The number of anilines is 1. The van der Waals surface area contributed by atoms with Crippen molar-refractivity contribution in [2.45, 2.75) is 39.4 Å². The van der Waals surface area contributed by atoms with Crippen LogP contribution in [-0.2, 0) is 24.3 Å². The summed E-state index contributed by atoms with van der Waals surface area (Å²) in [6.45, 7) is 7.84. The monoisotopic (exact) mass is 508 g/mol. The minimum Gasteiger partial charge on any atom is -0.367 e. The summed E-state index contributed by atoms with van der Waals surface area (Å²) in [5.41, 5.74) is 7.11. The van der Waals surface area contributed by atoms with Gasteiger partial charge in [0.25, 0.3) is 5.91 Å². The Bertz CT molecular complexity index is 1490. The number of aryl methyl sites for hydroxylation is 1. The maximum absolute atomic E-state index is 13.3. The Morgan fingerprint density at radius 1 is 0.974 bits per heavy atom. The molecule has 194 valence electrons. The van der Waals surface area contributed by atoms with Crippen LogP contribution in [0.1, 0.15) is 34.0 Å². The number of imidazole rings is 1. The van der Waals surface area contributed by atoms with Gasteiger partial charge in [-0.2, -0.15) is 0 Å². The van der Waals surface area contributed by atoms with Crippen LogP contribution in [0.5, 0.6) is 0 Å². The van der Waals surface area contributed by atoms with Crippen LogP contribution >= 0.6 is 0 Å². The molecule has 2 aromatic carbocycles. The molecule has 4 heterocycles. The lowest BCUT2D eigenvalue weighted by Gasteiger charge is -2.42. The van der Waals surface area contributed by atoms with E-state index in [1.165, 1.54) is 16.8 Å². The Hall–Kier alpha value is -4.20. The van der Waals surface area contributed by atoms with E-state index in [4.69, 9.17) is 0 Å². The first-order valence-corrected chi connectivity index (χ1v) is 13.2. The summed E-state index contributed by atoms with van der Waals surface area (Å²) in [7, 11) is 0. The summed E-state index contributed by atoms with van der Waals surface area (Å²) in [6.07, 6.45) is 4.26. The van der Waals surface area contributed by atoms with Crippen LogP contribution < -0.4 is 4.90 Å². The maximum Gasteiger partial charge on any atom is 0.254 e. The molecule has 0 aliphatic carbocycles. The number of aromatic nitrogens is 3. The molecule has 0 bridgehead atoms. The molecule has 0 unspecified atom stereocenters. The first-order chi connectivity index (χ1) is 18.5. The van der Waals surface area contributed by atoms with Crippen molar-refractivity contribution in [3.63, 3.8) is 0 Å². The molecule has 2 amide bonds. The SMILES string of the molecule is Cc1ccc(C(=O)N2CCc3cccc(N4CCN(C(=O)Cn5cnc6cccnc65)[C@H](C)C4)c3C2)cc1. The third-order valence-corrected chi connectivity index (χ3v) is 7.80. The van der Waals surface area contributed by atoms with E-state index >= 15 is 0 Å². The van der Waals surface area contributed by atoms with Crippen molar-refractivity contribution < 1.29 is 9.59 Å². The molecule has 8 heteroatoms. The summed E-state index contributed by atoms with van der Waals surface area (Å²) in [4.78, 5) is 41.6. The lowest BCUT2D eigenvalue weighted by Crippen LogP contribution is -2.55. The predicted molar refractivity (Wildman–Crippen MR) is 147 cm³/mol. The first-order valence-electron chi connectivity index (χ1n) is 13.2. The van der Waals surface area contributed by atoms with Crippen LogP contribution in [0.25, 0.3) is 11.2 Å². The highest BCUT2D eigenvalue weighted by molar-refractivity contribution is 5.94. The van der Waals surface area contributed by atoms with Crippen LogP contribution in [0.15, 0.2) is 67.1 Å². The summed E-state index contributed by atoms with van der Waals surface area (Å²) in [5, 5.41) is 0. The molecule has 6 rings (SSSR count). The van der Waals surface area contributed by atoms with Gasteiger partial charge in [-0.15, -0.1) is 0 Å². The van der Waals surface area contributed by atoms with Gasteiger partial charge in [0.2, 0.25) is 5.91 Å². The third-order valence-electron chi connectivity index (χ3n) is 7.80. The van der Waals surface area contributed by atoms with E-state index in [0.717, 1.165) is 48.3 Å². The fourth-order valence-electron chi connectivity index (χ4n) is 5.71. The number of nitrogens with zero attached hydrogens (tertiary/aromatic N) is 6. The second kappa shape index (κ2) is 9.93. The van der Waals surface area contributed by atoms with Gasteiger partial charge in [-0.3, -0.25) is 9.59 Å². The summed E-state index contributed by atoms with van der Waals surface area (Å²) in [5.74, 6) is 0.155. The number of amides is 2.